The highest BCUT2D eigenvalue weighted by molar-refractivity contribution is 6.30. The zero-order chi connectivity index (χ0) is 18.1. The smallest absolute Gasteiger partial charge is 0.261 e. The number of methoxy groups -OCH3 is 1. The Morgan fingerprint density at radius 3 is 2.60 bits per heavy atom. The maximum Gasteiger partial charge on any atom is 0.261 e. The number of nitrogens with one attached hydrogen (secondary N) is 1. The van der Waals surface area contributed by atoms with Crippen LogP contribution in [0, 0.1) is 0 Å². The van der Waals surface area contributed by atoms with Gasteiger partial charge in [-0.1, -0.05) is 30.7 Å². The molecule has 1 atom stereocenters. The number of hydrogen-bond donors (Lipinski definition) is 1. The number of benzene rings is 2. The molecule has 1 amide bonds. The number of ether oxygens (including phenoxy) is 2. The highest BCUT2D eigenvalue weighted by Crippen LogP contribution is 2.18. The van der Waals surface area contributed by atoms with Crippen molar-refractivity contribution in [1.29, 1.82) is 0 Å². The third-order valence-corrected chi connectivity index (χ3v) is 4.08. The molecule has 0 bridgehead atoms. The van der Waals surface area contributed by atoms with Gasteiger partial charge < -0.3 is 14.8 Å². The molecule has 0 saturated heterocycles. The summed E-state index contributed by atoms with van der Waals surface area (Å²) in [6.45, 7) is 2.53. The Hall–Kier alpha value is -2.20. The summed E-state index contributed by atoms with van der Waals surface area (Å²) >= 11 is 5.86. The molecule has 2 rings (SSSR count). The summed E-state index contributed by atoms with van der Waals surface area (Å²) in [5.74, 6) is 1.40. The number of aryl methyl sites for hydroxylation is 1. The summed E-state index contributed by atoms with van der Waals surface area (Å²) in [7, 11) is 1.66. The number of rotatable bonds is 9. The van der Waals surface area contributed by atoms with E-state index in [4.69, 9.17) is 21.1 Å². The Morgan fingerprint density at radius 2 is 1.92 bits per heavy atom. The molecule has 0 aromatic heterocycles. The normalized spacial score (nSPS) is 11.6. The van der Waals surface area contributed by atoms with Gasteiger partial charge in [0, 0.05) is 11.6 Å². The molecule has 0 radical (unpaired) electrons. The van der Waals surface area contributed by atoms with E-state index >= 15 is 0 Å². The van der Waals surface area contributed by atoms with Crippen molar-refractivity contribution in [2.24, 2.45) is 0 Å². The minimum atomic E-state index is -0.502. The third-order valence-electron chi connectivity index (χ3n) is 3.83. The summed E-state index contributed by atoms with van der Waals surface area (Å²) in [6, 6.07) is 15.0. The lowest BCUT2D eigenvalue weighted by molar-refractivity contribution is -0.128. The minimum Gasteiger partial charge on any atom is -0.497 e. The molecule has 1 unspecified atom stereocenters. The zero-order valence-corrected chi connectivity index (χ0v) is 15.4. The Balaban J connectivity index is 1.76. The van der Waals surface area contributed by atoms with Crippen molar-refractivity contribution in [1.82, 2.24) is 5.32 Å². The van der Waals surface area contributed by atoms with Crippen LogP contribution in [-0.2, 0) is 11.2 Å². The number of hydrogen-bond acceptors (Lipinski definition) is 3. The molecule has 2 aromatic carbocycles. The van der Waals surface area contributed by atoms with Crippen LogP contribution >= 0.6 is 11.6 Å². The van der Waals surface area contributed by atoms with Gasteiger partial charge in [0.1, 0.15) is 11.5 Å². The summed E-state index contributed by atoms with van der Waals surface area (Å²) < 4.78 is 11.0. The second-order valence-electron chi connectivity index (χ2n) is 5.71. The fourth-order valence-electron chi connectivity index (χ4n) is 2.45. The molecule has 1 N–H and O–H groups in total. The maximum absolute atomic E-state index is 12.3. The molecule has 0 heterocycles. The summed E-state index contributed by atoms with van der Waals surface area (Å²) in [5, 5.41) is 3.58. The molecule has 0 aliphatic carbocycles. The lowest BCUT2D eigenvalue weighted by atomic mass is 10.1. The summed E-state index contributed by atoms with van der Waals surface area (Å²) in [4.78, 5) is 12.3. The standard InChI is InChI=1S/C20H24ClNO3/c1-3-19(25-17-11-9-16(21)10-12-17)20(23)22-13-5-7-15-6-4-8-18(14-15)24-2/h4,6,8-12,14,19H,3,5,7,13H2,1-2H3,(H,22,23). The molecule has 0 aliphatic heterocycles. The van der Waals surface area contributed by atoms with Crippen molar-refractivity contribution >= 4 is 17.5 Å². The fraction of sp³-hybridized carbons (Fsp3) is 0.350. The molecule has 25 heavy (non-hydrogen) atoms. The Morgan fingerprint density at radius 1 is 1.16 bits per heavy atom. The van der Waals surface area contributed by atoms with Crippen molar-refractivity contribution in [3.05, 3.63) is 59.1 Å². The van der Waals surface area contributed by atoms with Crippen molar-refractivity contribution < 1.29 is 14.3 Å². The topological polar surface area (TPSA) is 47.6 Å². The van der Waals surface area contributed by atoms with E-state index in [0.29, 0.717) is 23.7 Å². The first-order valence-electron chi connectivity index (χ1n) is 8.45. The number of amides is 1. The molecule has 0 saturated carbocycles. The Labute approximate surface area is 154 Å². The highest BCUT2D eigenvalue weighted by Gasteiger charge is 2.17. The molecule has 2 aromatic rings. The molecule has 0 fully saturated rings. The van der Waals surface area contributed by atoms with E-state index in [1.165, 1.54) is 5.56 Å². The molecular weight excluding hydrogens is 338 g/mol. The summed E-state index contributed by atoms with van der Waals surface area (Å²) in [5.41, 5.74) is 1.19. The van der Waals surface area contributed by atoms with Crippen molar-refractivity contribution in [3.63, 3.8) is 0 Å². The van der Waals surface area contributed by atoms with Crippen LogP contribution in [0.1, 0.15) is 25.3 Å². The van der Waals surface area contributed by atoms with Crippen LogP contribution in [0.4, 0.5) is 0 Å². The molecule has 134 valence electrons. The van der Waals surface area contributed by atoms with E-state index < -0.39 is 6.10 Å². The van der Waals surface area contributed by atoms with Crippen LogP contribution in [0.15, 0.2) is 48.5 Å². The Kier molecular flexibility index (Phi) is 7.61. The maximum atomic E-state index is 12.3. The van der Waals surface area contributed by atoms with E-state index in [2.05, 4.69) is 11.4 Å². The van der Waals surface area contributed by atoms with Crippen LogP contribution < -0.4 is 14.8 Å². The first-order valence-corrected chi connectivity index (χ1v) is 8.83. The predicted octanol–water partition coefficient (Wildman–Crippen LogP) is 4.26. The van der Waals surface area contributed by atoms with Gasteiger partial charge in [0.25, 0.3) is 5.91 Å². The van der Waals surface area contributed by atoms with E-state index in [1.807, 2.05) is 25.1 Å². The van der Waals surface area contributed by atoms with E-state index in [1.54, 1.807) is 31.4 Å². The van der Waals surface area contributed by atoms with Crippen molar-refractivity contribution in [2.75, 3.05) is 13.7 Å². The molecule has 4 nitrogen and oxygen atoms in total. The van der Waals surface area contributed by atoms with Gasteiger partial charge in [0.2, 0.25) is 0 Å². The molecule has 0 aliphatic rings. The van der Waals surface area contributed by atoms with Crippen molar-refractivity contribution in [3.8, 4) is 11.5 Å². The van der Waals surface area contributed by atoms with Gasteiger partial charge in [-0.3, -0.25) is 4.79 Å². The van der Waals surface area contributed by atoms with Gasteiger partial charge in [0.15, 0.2) is 6.10 Å². The average molecular weight is 362 g/mol. The van der Waals surface area contributed by atoms with Crippen LogP contribution in [0.5, 0.6) is 11.5 Å². The highest BCUT2D eigenvalue weighted by atomic mass is 35.5. The van der Waals surface area contributed by atoms with Crippen LogP contribution in [0.2, 0.25) is 5.02 Å². The second-order valence-corrected chi connectivity index (χ2v) is 6.15. The number of carbonyl (C=O) groups is 1. The van der Waals surface area contributed by atoms with Crippen LogP contribution in [0.25, 0.3) is 0 Å². The predicted molar refractivity (Wildman–Crippen MR) is 100 cm³/mol. The van der Waals surface area contributed by atoms with Gasteiger partial charge in [-0.15, -0.1) is 0 Å². The first-order chi connectivity index (χ1) is 12.1. The van der Waals surface area contributed by atoms with Gasteiger partial charge in [-0.05, 0) is 61.2 Å². The minimum absolute atomic E-state index is 0.0944. The zero-order valence-electron chi connectivity index (χ0n) is 14.6. The first kappa shape index (κ1) is 19.1. The van der Waals surface area contributed by atoms with E-state index in [9.17, 15) is 4.79 Å². The van der Waals surface area contributed by atoms with E-state index in [-0.39, 0.29) is 5.91 Å². The largest absolute Gasteiger partial charge is 0.497 e. The van der Waals surface area contributed by atoms with Gasteiger partial charge >= 0.3 is 0 Å². The van der Waals surface area contributed by atoms with Crippen LogP contribution in [0.3, 0.4) is 0 Å². The van der Waals surface area contributed by atoms with Gasteiger partial charge in [-0.25, -0.2) is 0 Å². The second kappa shape index (κ2) is 9.94. The van der Waals surface area contributed by atoms with Gasteiger partial charge in [0.05, 0.1) is 7.11 Å². The lowest BCUT2D eigenvalue weighted by Gasteiger charge is -2.17. The molecule has 0 spiro atoms. The van der Waals surface area contributed by atoms with E-state index in [0.717, 1.165) is 18.6 Å². The van der Waals surface area contributed by atoms with Crippen molar-refractivity contribution in [2.45, 2.75) is 32.3 Å². The average Bonchev–Trinajstić information content (AvgIpc) is 2.64. The molecular formula is C20H24ClNO3. The lowest BCUT2D eigenvalue weighted by Crippen LogP contribution is -2.38. The number of carbonyl (C=O) groups excluding carboxylic acids is 1. The monoisotopic (exact) mass is 361 g/mol. The number of halogens is 1. The van der Waals surface area contributed by atoms with Gasteiger partial charge in [-0.2, -0.15) is 0 Å². The fourth-order valence-corrected chi connectivity index (χ4v) is 2.57. The Bertz CT molecular complexity index is 673. The summed E-state index contributed by atoms with van der Waals surface area (Å²) in [6.07, 6.45) is 1.84. The third kappa shape index (κ3) is 6.31. The van der Waals surface area contributed by atoms with Crippen LogP contribution in [-0.4, -0.2) is 25.7 Å². The SMILES string of the molecule is CCC(Oc1ccc(Cl)cc1)C(=O)NCCCc1cccc(OC)c1. The quantitative estimate of drug-likeness (QED) is 0.679. The molecule has 5 heteroatoms.